The van der Waals surface area contributed by atoms with Crippen LogP contribution in [0.1, 0.15) is 27.2 Å². The smallest absolute Gasteiger partial charge is 0.232 e. The molecule has 3 heterocycles. The Bertz CT molecular complexity index is 820. The number of hydrogen-bond acceptors (Lipinski definition) is 4. The van der Waals surface area contributed by atoms with E-state index < -0.39 is 0 Å². The van der Waals surface area contributed by atoms with Gasteiger partial charge in [0, 0.05) is 18.0 Å². The lowest BCUT2D eigenvalue weighted by Gasteiger charge is -2.26. The summed E-state index contributed by atoms with van der Waals surface area (Å²) in [4.78, 5) is 23.0. The molecule has 1 amide bonds. The Labute approximate surface area is 134 Å². The number of carbonyl (C=O) groups is 1. The third-order valence-electron chi connectivity index (χ3n) is 3.37. The van der Waals surface area contributed by atoms with E-state index in [1.54, 1.807) is 29.7 Å². The highest BCUT2D eigenvalue weighted by atomic mass is 16.2. The molecular formula is C17H19N5O. The van der Waals surface area contributed by atoms with Crippen LogP contribution >= 0.6 is 0 Å². The zero-order valence-electron chi connectivity index (χ0n) is 13.4. The molecule has 0 spiro atoms. The van der Waals surface area contributed by atoms with Crippen molar-refractivity contribution in [2.75, 3.05) is 4.90 Å². The number of anilines is 2. The average molecular weight is 309 g/mol. The molecule has 0 saturated heterocycles. The molecule has 23 heavy (non-hydrogen) atoms. The molecule has 118 valence electrons. The van der Waals surface area contributed by atoms with E-state index in [0.29, 0.717) is 17.8 Å². The van der Waals surface area contributed by atoms with Crippen LogP contribution in [0.3, 0.4) is 0 Å². The molecule has 6 nitrogen and oxygen atoms in total. The monoisotopic (exact) mass is 309 g/mol. The first-order chi connectivity index (χ1) is 10.9. The summed E-state index contributed by atoms with van der Waals surface area (Å²) in [6.07, 6.45) is 7.16. The zero-order chi connectivity index (χ0) is 16.4. The maximum atomic E-state index is 12.9. The van der Waals surface area contributed by atoms with Crippen molar-refractivity contribution in [1.29, 1.82) is 0 Å². The van der Waals surface area contributed by atoms with Gasteiger partial charge in [0.25, 0.3) is 0 Å². The van der Waals surface area contributed by atoms with Crippen LogP contribution in [0.15, 0.2) is 43.0 Å². The molecule has 1 N–H and O–H groups in total. The molecule has 0 unspecified atom stereocenters. The maximum absolute atomic E-state index is 12.9. The van der Waals surface area contributed by atoms with Crippen molar-refractivity contribution in [3.8, 4) is 0 Å². The summed E-state index contributed by atoms with van der Waals surface area (Å²) in [7, 11) is 0. The van der Waals surface area contributed by atoms with Crippen molar-refractivity contribution < 1.29 is 4.79 Å². The van der Waals surface area contributed by atoms with Gasteiger partial charge in [0.15, 0.2) is 5.65 Å². The number of carbonyl (C=O) groups excluding carboxylic acids is 1. The van der Waals surface area contributed by atoms with E-state index in [9.17, 15) is 4.79 Å². The predicted octanol–water partition coefficient (Wildman–Crippen LogP) is 3.45. The minimum Gasteiger partial charge on any atom is -0.278 e. The number of rotatable bonds is 3. The van der Waals surface area contributed by atoms with Gasteiger partial charge in [0.05, 0.1) is 30.0 Å². The van der Waals surface area contributed by atoms with Crippen LogP contribution in [0.4, 0.5) is 11.4 Å². The molecule has 0 aliphatic rings. The minimum atomic E-state index is -0.106. The van der Waals surface area contributed by atoms with E-state index in [1.807, 2.05) is 39.0 Å². The first-order valence-corrected chi connectivity index (χ1v) is 7.46. The molecule has 6 heteroatoms. The van der Waals surface area contributed by atoms with E-state index in [-0.39, 0.29) is 11.3 Å². The lowest BCUT2D eigenvalue weighted by Crippen LogP contribution is -2.29. The van der Waals surface area contributed by atoms with Gasteiger partial charge in [0.2, 0.25) is 5.91 Å². The zero-order valence-corrected chi connectivity index (χ0v) is 13.4. The SMILES string of the molecule is CC(C)(C)CC(=O)N(c1cccnc1)c1cnc2[nH]ncc2c1. The van der Waals surface area contributed by atoms with Gasteiger partial charge in [-0.25, -0.2) is 4.98 Å². The predicted molar refractivity (Wildman–Crippen MR) is 89.3 cm³/mol. The third-order valence-corrected chi connectivity index (χ3v) is 3.37. The van der Waals surface area contributed by atoms with Gasteiger partial charge in [-0.1, -0.05) is 20.8 Å². The van der Waals surface area contributed by atoms with E-state index in [4.69, 9.17) is 0 Å². The summed E-state index contributed by atoms with van der Waals surface area (Å²) in [5, 5.41) is 7.65. The van der Waals surface area contributed by atoms with E-state index >= 15 is 0 Å². The molecular weight excluding hydrogens is 290 g/mol. The summed E-state index contributed by atoms with van der Waals surface area (Å²) in [5.74, 6) is 0.00939. The molecule has 0 radical (unpaired) electrons. The quantitative estimate of drug-likeness (QED) is 0.804. The number of amides is 1. The lowest BCUT2D eigenvalue weighted by molar-refractivity contribution is -0.119. The van der Waals surface area contributed by atoms with Crippen molar-refractivity contribution in [3.63, 3.8) is 0 Å². The van der Waals surface area contributed by atoms with Gasteiger partial charge >= 0.3 is 0 Å². The number of aromatic nitrogens is 4. The number of aromatic amines is 1. The van der Waals surface area contributed by atoms with Crippen LogP contribution in [0.5, 0.6) is 0 Å². The Hall–Kier alpha value is -2.76. The Morgan fingerprint density at radius 2 is 2.04 bits per heavy atom. The topological polar surface area (TPSA) is 74.8 Å². The van der Waals surface area contributed by atoms with Crippen LogP contribution in [-0.2, 0) is 4.79 Å². The van der Waals surface area contributed by atoms with Gasteiger partial charge in [-0.3, -0.25) is 19.8 Å². The van der Waals surface area contributed by atoms with Crippen molar-refractivity contribution in [3.05, 3.63) is 43.0 Å². The number of H-pyrrole nitrogens is 1. The summed E-state index contributed by atoms with van der Waals surface area (Å²) < 4.78 is 0. The van der Waals surface area contributed by atoms with Crippen molar-refractivity contribution in [2.24, 2.45) is 5.41 Å². The fourth-order valence-electron chi connectivity index (χ4n) is 2.40. The second kappa shape index (κ2) is 5.79. The Kier molecular flexibility index (Phi) is 3.82. The van der Waals surface area contributed by atoms with Gasteiger partial charge in [0.1, 0.15) is 0 Å². The second-order valence-electron chi connectivity index (χ2n) is 6.68. The van der Waals surface area contributed by atoms with Crippen LogP contribution in [0.2, 0.25) is 0 Å². The highest BCUT2D eigenvalue weighted by Gasteiger charge is 2.24. The number of pyridine rings is 2. The largest absolute Gasteiger partial charge is 0.278 e. The minimum absolute atomic E-state index is 0.00939. The van der Waals surface area contributed by atoms with Crippen LogP contribution in [0.25, 0.3) is 11.0 Å². The fraction of sp³-hybridized carbons (Fsp3) is 0.294. The Balaban J connectivity index is 2.05. The van der Waals surface area contributed by atoms with Crippen LogP contribution in [0, 0.1) is 5.41 Å². The maximum Gasteiger partial charge on any atom is 0.232 e. The Morgan fingerprint density at radius 1 is 1.22 bits per heavy atom. The standard InChI is InChI=1S/C17H19N5O/c1-17(2,3)8-15(23)22(13-5-4-6-18-10-13)14-7-12-9-20-21-16(12)19-11-14/h4-7,9-11H,8H2,1-3H3,(H,19,20,21). The molecule has 0 saturated carbocycles. The molecule has 3 aromatic heterocycles. The van der Waals surface area contributed by atoms with E-state index in [0.717, 1.165) is 11.1 Å². The number of nitrogens with one attached hydrogen (secondary N) is 1. The van der Waals surface area contributed by atoms with Gasteiger partial charge in [-0.2, -0.15) is 5.10 Å². The molecule has 3 aromatic rings. The first kappa shape index (κ1) is 15.1. The first-order valence-electron chi connectivity index (χ1n) is 7.46. The second-order valence-corrected chi connectivity index (χ2v) is 6.68. The van der Waals surface area contributed by atoms with Crippen LogP contribution in [-0.4, -0.2) is 26.1 Å². The fourth-order valence-corrected chi connectivity index (χ4v) is 2.40. The number of hydrogen-bond donors (Lipinski definition) is 1. The highest BCUT2D eigenvalue weighted by molar-refractivity contribution is 6.01. The normalized spacial score (nSPS) is 11.6. The molecule has 0 aliphatic heterocycles. The number of fused-ring (bicyclic) bond motifs is 1. The van der Waals surface area contributed by atoms with E-state index in [2.05, 4.69) is 20.2 Å². The highest BCUT2D eigenvalue weighted by Crippen LogP contribution is 2.30. The van der Waals surface area contributed by atoms with Crippen LogP contribution < -0.4 is 4.90 Å². The van der Waals surface area contributed by atoms with Gasteiger partial charge in [-0.15, -0.1) is 0 Å². The Morgan fingerprint density at radius 3 is 2.74 bits per heavy atom. The van der Waals surface area contributed by atoms with Crippen molar-refractivity contribution in [2.45, 2.75) is 27.2 Å². The van der Waals surface area contributed by atoms with E-state index in [1.165, 1.54) is 0 Å². The number of nitrogens with zero attached hydrogens (tertiary/aromatic N) is 4. The van der Waals surface area contributed by atoms with Crippen molar-refractivity contribution in [1.82, 2.24) is 20.2 Å². The molecule has 0 atom stereocenters. The van der Waals surface area contributed by atoms with Gasteiger partial charge < -0.3 is 0 Å². The average Bonchev–Trinajstić information content (AvgIpc) is 2.94. The summed E-state index contributed by atoms with van der Waals surface area (Å²) >= 11 is 0. The van der Waals surface area contributed by atoms with Gasteiger partial charge in [-0.05, 0) is 23.6 Å². The summed E-state index contributed by atoms with van der Waals surface area (Å²) in [6, 6.07) is 5.59. The summed E-state index contributed by atoms with van der Waals surface area (Å²) in [6.45, 7) is 6.14. The van der Waals surface area contributed by atoms with Crippen molar-refractivity contribution >= 4 is 28.3 Å². The summed E-state index contributed by atoms with van der Waals surface area (Å²) in [5.41, 5.74) is 2.03. The third kappa shape index (κ3) is 3.36. The molecule has 0 fully saturated rings. The lowest BCUT2D eigenvalue weighted by atomic mass is 9.91. The molecule has 0 aromatic carbocycles. The molecule has 0 bridgehead atoms. The molecule has 3 rings (SSSR count). The molecule has 0 aliphatic carbocycles.